The summed E-state index contributed by atoms with van der Waals surface area (Å²) in [6.45, 7) is 2.71. The molecule has 0 aliphatic rings. The summed E-state index contributed by atoms with van der Waals surface area (Å²) in [5, 5.41) is 15.7. The first-order chi connectivity index (χ1) is 9.63. The average Bonchev–Trinajstić information content (AvgIpc) is 2.45. The van der Waals surface area contributed by atoms with E-state index in [4.69, 9.17) is 4.74 Å². The van der Waals surface area contributed by atoms with Crippen LogP contribution in [0.15, 0.2) is 30.6 Å². The lowest BCUT2D eigenvalue weighted by Gasteiger charge is -2.16. The summed E-state index contributed by atoms with van der Waals surface area (Å²) in [7, 11) is 1.66. The Balaban J connectivity index is 2.35. The lowest BCUT2D eigenvalue weighted by atomic mass is 10.1. The molecule has 1 aromatic heterocycles. The number of nitrogens with zero attached hydrogens (tertiary/aromatic N) is 2. The van der Waals surface area contributed by atoms with Crippen LogP contribution in [-0.4, -0.2) is 29.7 Å². The lowest BCUT2D eigenvalue weighted by Crippen LogP contribution is -2.17. The summed E-state index contributed by atoms with van der Waals surface area (Å²) in [5.41, 5.74) is 0.944. The number of nitro benzene ring substituents is 1. The zero-order valence-corrected chi connectivity index (χ0v) is 11.5. The first-order valence-electron chi connectivity index (χ1n) is 6.40. The van der Waals surface area contributed by atoms with Crippen molar-refractivity contribution in [3.8, 4) is 0 Å². The topological polar surface area (TPSA) is 77.3 Å². The normalized spacial score (nSPS) is 12.3. The molecule has 0 aliphatic heterocycles. The minimum atomic E-state index is -0.375. The molecule has 6 heteroatoms. The Morgan fingerprint density at radius 2 is 2.20 bits per heavy atom. The number of methoxy groups -OCH3 is 1. The van der Waals surface area contributed by atoms with E-state index in [0.29, 0.717) is 12.0 Å². The third-order valence-corrected chi connectivity index (χ3v) is 3.15. The molecule has 1 aromatic carbocycles. The fourth-order valence-electron chi connectivity index (χ4n) is 2.09. The first-order valence-corrected chi connectivity index (χ1v) is 6.40. The van der Waals surface area contributed by atoms with Crippen LogP contribution in [-0.2, 0) is 4.74 Å². The fraction of sp³-hybridized carbons (Fsp3) is 0.357. The molecule has 0 saturated heterocycles. The Morgan fingerprint density at radius 3 is 2.90 bits per heavy atom. The van der Waals surface area contributed by atoms with E-state index in [2.05, 4.69) is 10.3 Å². The van der Waals surface area contributed by atoms with Crippen molar-refractivity contribution in [2.45, 2.75) is 19.4 Å². The van der Waals surface area contributed by atoms with Gasteiger partial charge in [-0.1, -0.05) is 0 Å². The van der Waals surface area contributed by atoms with Crippen molar-refractivity contribution in [1.29, 1.82) is 0 Å². The highest BCUT2D eigenvalue weighted by Crippen LogP contribution is 2.31. The quantitative estimate of drug-likeness (QED) is 0.647. The highest BCUT2D eigenvalue weighted by atomic mass is 16.6. The van der Waals surface area contributed by atoms with Crippen LogP contribution >= 0.6 is 0 Å². The van der Waals surface area contributed by atoms with Crippen LogP contribution in [0.5, 0.6) is 0 Å². The number of anilines is 1. The molecule has 0 aliphatic carbocycles. The number of benzene rings is 1. The van der Waals surface area contributed by atoms with Crippen LogP contribution < -0.4 is 5.32 Å². The molecule has 0 spiro atoms. The van der Waals surface area contributed by atoms with Crippen LogP contribution in [0.4, 0.5) is 11.4 Å². The second kappa shape index (κ2) is 6.29. The van der Waals surface area contributed by atoms with Gasteiger partial charge in [0.25, 0.3) is 5.69 Å². The SMILES string of the molecule is COCCC(C)Nc1ccc([N+](=O)[O-])c2ccncc12. The number of ether oxygens (including phenoxy) is 1. The second-order valence-electron chi connectivity index (χ2n) is 4.64. The molecule has 0 saturated carbocycles. The van der Waals surface area contributed by atoms with E-state index in [0.717, 1.165) is 17.5 Å². The minimum absolute atomic E-state index is 0.0949. The molecule has 0 fully saturated rings. The number of hydrogen-bond acceptors (Lipinski definition) is 5. The van der Waals surface area contributed by atoms with E-state index >= 15 is 0 Å². The maximum Gasteiger partial charge on any atom is 0.277 e. The predicted octanol–water partition coefficient (Wildman–Crippen LogP) is 2.98. The second-order valence-corrected chi connectivity index (χ2v) is 4.64. The molecule has 2 aromatic rings. The summed E-state index contributed by atoms with van der Waals surface area (Å²) < 4.78 is 5.05. The third kappa shape index (κ3) is 3.03. The van der Waals surface area contributed by atoms with Gasteiger partial charge >= 0.3 is 0 Å². The molecular formula is C14H17N3O3. The Kier molecular flexibility index (Phi) is 4.47. The molecule has 0 radical (unpaired) electrons. The van der Waals surface area contributed by atoms with Crippen molar-refractivity contribution in [3.05, 3.63) is 40.7 Å². The summed E-state index contributed by atoms with van der Waals surface area (Å²) in [4.78, 5) is 14.7. The largest absolute Gasteiger partial charge is 0.385 e. The van der Waals surface area contributed by atoms with Crippen molar-refractivity contribution in [2.75, 3.05) is 19.0 Å². The molecule has 6 nitrogen and oxygen atoms in total. The molecule has 20 heavy (non-hydrogen) atoms. The Hall–Kier alpha value is -2.21. The van der Waals surface area contributed by atoms with Gasteiger partial charge in [0.05, 0.1) is 10.3 Å². The van der Waals surface area contributed by atoms with Gasteiger partial charge in [0, 0.05) is 49.3 Å². The van der Waals surface area contributed by atoms with E-state index in [1.54, 1.807) is 31.6 Å². The summed E-state index contributed by atoms with van der Waals surface area (Å²) in [6, 6.07) is 5.12. The van der Waals surface area contributed by atoms with E-state index < -0.39 is 0 Å². The molecule has 106 valence electrons. The number of pyridine rings is 1. The van der Waals surface area contributed by atoms with Gasteiger partial charge in [0.1, 0.15) is 0 Å². The van der Waals surface area contributed by atoms with Gasteiger partial charge in [-0.25, -0.2) is 0 Å². The van der Waals surface area contributed by atoms with Crippen molar-refractivity contribution in [2.24, 2.45) is 0 Å². The number of hydrogen-bond donors (Lipinski definition) is 1. The van der Waals surface area contributed by atoms with Crippen LogP contribution in [0, 0.1) is 10.1 Å². The number of nitro groups is 1. The zero-order chi connectivity index (χ0) is 14.5. The standard InChI is InChI=1S/C14H17N3O3/c1-10(6-8-20-2)16-13-3-4-14(17(18)19)11-5-7-15-9-12(11)13/h3-5,7,9-10,16H,6,8H2,1-2H3. The van der Waals surface area contributed by atoms with Gasteiger partial charge in [-0.3, -0.25) is 15.1 Å². The van der Waals surface area contributed by atoms with Crippen molar-refractivity contribution >= 4 is 22.1 Å². The molecule has 1 heterocycles. The molecule has 1 unspecified atom stereocenters. The van der Waals surface area contributed by atoms with Gasteiger partial charge in [-0.15, -0.1) is 0 Å². The van der Waals surface area contributed by atoms with Gasteiger partial charge in [-0.2, -0.15) is 0 Å². The van der Waals surface area contributed by atoms with E-state index in [1.165, 1.54) is 6.07 Å². The molecule has 2 rings (SSSR count). The lowest BCUT2D eigenvalue weighted by molar-refractivity contribution is -0.383. The van der Waals surface area contributed by atoms with Crippen LogP contribution in [0.1, 0.15) is 13.3 Å². The predicted molar refractivity (Wildman–Crippen MR) is 78.0 cm³/mol. The number of fused-ring (bicyclic) bond motifs is 1. The van der Waals surface area contributed by atoms with Gasteiger partial charge in [0.15, 0.2) is 0 Å². The van der Waals surface area contributed by atoms with Crippen molar-refractivity contribution in [1.82, 2.24) is 4.98 Å². The molecule has 1 N–H and O–H groups in total. The maximum atomic E-state index is 11.0. The number of rotatable bonds is 6. The highest BCUT2D eigenvalue weighted by Gasteiger charge is 2.15. The van der Waals surface area contributed by atoms with Crippen LogP contribution in [0.2, 0.25) is 0 Å². The number of nitrogens with one attached hydrogen (secondary N) is 1. The van der Waals surface area contributed by atoms with Crippen LogP contribution in [0.3, 0.4) is 0 Å². The molecule has 1 atom stereocenters. The van der Waals surface area contributed by atoms with Crippen LogP contribution in [0.25, 0.3) is 10.8 Å². The summed E-state index contributed by atoms with van der Waals surface area (Å²) in [5.74, 6) is 0. The smallest absolute Gasteiger partial charge is 0.277 e. The fourth-order valence-corrected chi connectivity index (χ4v) is 2.09. The summed E-state index contributed by atoms with van der Waals surface area (Å²) >= 11 is 0. The van der Waals surface area contributed by atoms with Crippen molar-refractivity contribution < 1.29 is 9.66 Å². The molecular weight excluding hydrogens is 258 g/mol. The Bertz CT molecular complexity index is 616. The minimum Gasteiger partial charge on any atom is -0.385 e. The summed E-state index contributed by atoms with van der Waals surface area (Å²) in [6.07, 6.45) is 4.07. The van der Waals surface area contributed by atoms with Gasteiger partial charge in [-0.05, 0) is 25.5 Å². The zero-order valence-electron chi connectivity index (χ0n) is 11.5. The third-order valence-electron chi connectivity index (χ3n) is 3.15. The Morgan fingerprint density at radius 1 is 1.40 bits per heavy atom. The van der Waals surface area contributed by atoms with E-state index in [-0.39, 0.29) is 16.7 Å². The average molecular weight is 275 g/mol. The maximum absolute atomic E-state index is 11.0. The Labute approximate surface area is 116 Å². The molecule has 0 bridgehead atoms. The molecule has 0 amide bonds. The van der Waals surface area contributed by atoms with E-state index in [9.17, 15) is 10.1 Å². The van der Waals surface area contributed by atoms with Gasteiger partial charge < -0.3 is 10.1 Å². The van der Waals surface area contributed by atoms with E-state index in [1.807, 2.05) is 6.92 Å². The number of non-ortho nitro benzene ring substituents is 1. The van der Waals surface area contributed by atoms with Gasteiger partial charge in [0.2, 0.25) is 0 Å². The number of aromatic nitrogens is 1. The monoisotopic (exact) mass is 275 g/mol. The van der Waals surface area contributed by atoms with Crippen molar-refractivity contribution in [3.63, 3.8) is 0 Å². The first kappa shape index (κ1) is 14.2. The highest BCUT2D eigenvalue weighted by molar-refractivity contribution is 5.99.